The van der Waals surface area contributed by atoms with Gasteiger partial charge in [0.25, 0.3) is 5.91 Å². The van der Waals surface area contributed by atoms with E-state index < -0.39 is 0 Å². The van der Waals surface area contributed by atoms with Crippen molar-refractivity contribution in [3.8, 4) is 5.75 Å². The van der Waals surface area contributed by atoms with Crippen molar-refractivity contribution in [3.63, 3.8) is 0 Å². The summed E-state index contributed by atoms with van der Waals surface area (Å²) in [6.07, 6.45) is 0. The molecule has 32 heavy (non-hydrogen) atoms. The minimum atomic E-state index is -0.209. The summed E-state index contributed by atoms with van der Waals surface area (Å²) in [6.45, 7) is 0. The summed E-state index contributed by atoms with van der Waals surface area (Å²) in [6, 6.07) is 28.2. The summed E-state index contributed by atoms with van der Waals surface area (Å²) in [5, 5.41) is 7.97. The average molecular weight is 443 g/mol. The third kappa shape index (κ3) is 5.28. The fraction of sp³-hybridized carbons (Fsp3) is 0.0769. The molecule has 0 fully saturated rings. The number of carbonyl (C=O) groups is 2. The lowest BCUT2D eigenvalue weighted by Crippen LogP contribution is -2.14. The van der Waals surface area contributed by atoms with Crippen molar-refractivity contribution in [2.75, 3.05) is 23.5 Å². The number of methoxy groups -OCH3 is 1. The third-order valence-electron chi connectivity index (χ3n) is 4.88. The molecule has 4 aromatic carbocycles. The largest absolute Gasteiger partial charge is 0.497 e. The Kier molecular flexibility index (Phi) is 6.72. The highest BCUT2D eigenvalue weighted by atomic mass is 32.2. The van der Waals surface area contributed by atoms with Crippen LogP contribution in [0.1, 0.15) is 10.4 Å². The van der Waals surface area contributed by atoms with Crippen LogP contribution in [0.15, 0.2) is 95.9 Å². The highest BCUT2D eigenvalue weighted by Crippen LogP contribution is 2.25. The number of ether oxygens (including phenoxy) is 1. The summed E-state index contributed by atoms with van der Waals surface area (Å²) >= 11 is 1.44. The van der Waals surface area contributed by atoms with E-state index >= 15 is 0 Å². The van der Waals surface area contributed by atoms with E-state index in [-0.39, 0.29) is 11.8 Å². The first-order valence-electron chi connectivity index (χ1n) is 10.1. The Labute approximate surface area is 190 Å². The van der Waals surface area contributed by atoms with Crippen LogP contribution in [-0.4, -0.2) is 24.7 Å². The number of benzene rings is 4. The number of anilines is 2. The van der Waals surface area contributed by atoms with Gasteiger partial charge in [-0.3, -0.25) is 9.59 Å². The van der Waals surface area contributed by atoms with Gasteiger partial charge in [-0.1, -0.05) is 42.5 Å². The zero-order valence-corrected chi connectivity index (χ0v) is 18.3. The van der Waals surface area contributed by atoms with Gasteiger partial charge in [0.05, 0.1) is 12.9 Å². The van der Waals surface area contributed by atoms with E-state index in [1.165, 1.54) is 11.8 Å². The quantitative estimate of drug-likeness (QED) is 0.353. The molecule has 0 bridgehead atoms. The number of fused-ring (bicyclic) bond motifs is 1. The van der Waals surface area contributed by atoms with Crippen LogP contribution in [0.4, 0.5) is 11.4 Å². The maximum atomic E-state index is 12.5. The first kappa shape index (κ1) is 21.5. The molecule has 2 amide bonds. The van der Waals surface area contributed by atoms with E-state index in [0.717, 1.165) is 21.4 Å². The number of carbonyl (C=O) groups excluding carboxylic acids is 2. The Morgan fingerprint density at radius 2 is 1.59 bits per heavy atom. The Morgan fingerprint density at radius 3 is 2.41 bits per heavy atom. The van der Waals surface area contributed by atoms with Crippen molar-refractivity contribution in [2.45, 2.75) is 4.90 Å². The van der Waals surface area contributed by atoms with Gasteiger partial charge in [-0.25, -0.2) is 0 Å². The SMILES string of the molecule is COc1cccc(C(=O)Nc2ccc(SCC(=O)Nc3cccc4ccccc34)cc2)c1. The molecular weight excluding hydrogens is 420 g/mol. The number of hydrogen-bond acceptors (Lipinski definition) is 4. The third-order valence-corrected chi connectivity index (χ3v) is 5.89. The molecule has 4 aromatic rings. The van der Waals surface area contributed by atoms with Crippen LogP contribution in [0.3, 0.4) is 0 Å². The van der Waals surface area contributed by atoms with Crippen molar-refractivity contribution in [1.29, 1.82) is 0 Å². The molecule has 0 heterocycles. The second-order valence-electron chi connectivity index (χ2n) is 7.07. The fourth-order valence-corrected chi connectivity index (χ4v) is 3.97. The lowest BCUT2D eigenvalue weighted by atomic mass is 10.1. The lowest BCUT2D eigenvalue weighted by Gasteiger charge is -2.09. The summed E-state index contributed by atoms with van der Waals surface area (Å²) in [4.78, 5) is 25.8. The Balaban J connectivity index is 1.32. The van der Waals surface area contributed by atoms with Crippen LogP contribution in [-0.2, 0) is 4.79 Å². The Morgan fingerprint density at radius 1 is 0.844 bits per heavy atom. The van der Waals surface area contributed by atoms with Crippen molar-refractivity contribution >= 4 is 45.7 Å². The molecule has 6 heteroatoms. The molecule has 0 spiro atoms. The molecule has 0 aliphatic carbocycles. The summed E-state index contributed by atoms with van der Waals surface area (Å²) < 4.78 is 5.16. The summed E-state index contributed by atoms with van der Waals surface area (Å²) in [5.74, 6) is 0.644. The molecule has 2 N–H and O–H groups in total. The van der Waals surface area contributed by atoms with Crippen LogP contribution in [0.25, 0.3) is 10.8 Å². The Bertz CT molecular complexity index is 1250. The molecule has 0 aliphatic heterocycles. The number of amides is 2. The monoisotopic (exact) mass is 442 g/mol. The van der Waals surface area contributed by atoms with Gasteiger partial charge in [0.1, 0.15) is 5.75 Å². The molecule has 160 valence electrons. The normalized spacial score (nSPS) is 10.5. The predicted octanol–water partition coefficient (Wildman–Crippen LogP) is 5.83. The van der Waals surface area contributed by atoms with Crippen molar-refractivity contribution in [1.82, 2.24) is 0 Å². The van der Waals surface area contributed by atoms with E-state index in [4.69, 9.17) is 4.74 Å². The minimum absolute atomic E-state index is 0.0678. The highest BCUT2D eigenvalue weighted by molar-refractivity contribution is 8.00. The van der Waals surface area contributed by atoms with Gasteiger partial charge in [-0.15, -0.1) is 11.8 Å². The molecule has 0 saturated carbocycles. The number of rotatable bonds is 7. The first-order valence-corrected chi connectivity index (χ1v) is 11.1. The zero-order chi connectivity index (χ0) is 22.3. The number of hydrogen-bond donors (Lipinski definition) is 2. The van der Waals surface area contributed by atoms with Gasteiger partial charge in [-0.05, 0) is 53.9 Å². The molecule has 0 saturated heterocycles. The zero-order valence-electron chi connectivity index (χ0n) is 17.5. The molecule has 4 rings (SSSR count). The topological polar surface area (TPSA) is 67.4 Å². The van der Waals surface area contributed by atoms with Gasteiger partial charge in [0, 0.05) is 27.2 Å². The van der Waals surface area contributed by atoms with Gasteiger partial charge in [-0.2, -0.15) is 0 Å². The lowest BCUT2D eigenvalue weighted by molar-refractivity contribution is -0.113. The van der Waals surface area contributed by atoms with E-state index in [1.54, 1.807) is 31.4 Å². The van der Waals surface area contributed by atoms with Crippen molar-refractivity contribution in [2.24, 2.45) is 0 Å². The van der Waals surface area contributed by atoms with E-state index in [0.29, 0.717) is 22.8 Å². The predicted molar refractivity (Wildman–Crippen MR) is 131 cm³/mol. The summed E-state index contributed by atoms with van der Waals surface area (Å²) in [7, 11) is 1.57. The van der Waals surface area contributed by atoms with E-state index in [1.807, 2.05) is 66.7 Å². The molecule has 0 radical (unpaired) electrons. The van der Waals surface area contributed by atoms with Gasteiger partial charge >= 0.3 is 0 Å². The van der Waals surface area contributed by atoms with E-state index in [2.05, 4.69) is 10.6 Å². The smallest absolute Gasteiger partial charge is 0.255 e. The minimum Gasteiger partial charge on any atom is -0.497 e. The van der Waals surface area contributed by atoms with Crippen LogP contribution >= 0.6 is 11.8 Å². The molecule has 5 nitrogen and oxygen atoms in total. The van der Waals surface area contributed by atoms with Gasteiger partial charge in [0.2, 0.25) is 5.91 Å². The maximum absolute atomic E-state index is 12.5. The number of nitrogens with one attached hydrogen (secondary N) is 2. The summed E-state index contributed by atoms with van der Waals surface area (Å²) in [5.41, 5.74) is 2.01. The standard InChI is InChI=1S/C26H22N2O3S/c1-31-21-9-4-8-19(16-21)26(30)27-20-12-14-22(15-13-20)32-17-25(29)28-24-11-5-7-18-6-2-3-10-23(18)24/h2-16H,17H2,1H3,(H,27,30)(H,28,29). The molecule has 0 aromatic heterocycles. The molecule has 0 unspecified atom stereocenters. The maximum Gasteiger partial charge on any atom is 0.255 e. The Hall–Kier alpha value is -3.77. The average Bonchev–Trinajstić information content (AvgIpc) is 2.84. The van der Waals surface area contributed by atoms with Crippen molar-refractivity contribution < 1.29 is 14.3 Å². The van der Waals surface area contributed by atoms with Crippen LogP contribution in [0.5, 0.6) is 5.75 Å². The molecule has 0 atom stereocenters. The second-order valence-corrected chi connectivity index (χ2v) is 8.12. The highest BCUT2D eigenvalue weighted by Gasteiger charge is 2.09. The van der Waals surface area contributed by atoms with Crippen LogP contribution in [0.2, 0.25) is 0 Å². The first-order chi connectivity index (χ1) is 15.6. The van der Waals surface area contributed by atoms with Crippen molar-refractivity contribution in [3.05, 3.63) is 96.6 Å². The molecule has 0 aliphatic rings. The fourth-order valence-electron chi connectivity index (χ4n) is 3.27. The van der Waals surface area contributed by atoms with Gasteiger partial charge < -0.3 is 15.4 Å². The van der Waals surface area contributed by atoms with E-state index in [9.17, 15) is 9.59 Å². The number of thioether (sulfide) groups is 1. The molecular formula is C26H22N2O3S. The van der Waals surface area contributed by atoms with Crippen LogP contribution < -0.4 is 15.4 Å². The van der Waals surface area contributed by atoms with Crippen LogP contribution in [0, 0.1) is 0 Å². The second kappa shape index (κ2) is 10.0. The van der Waals surface area contributed by atoms with Gasteiger partial charge in [0.15, 0.2) is 0 Å².